The third-order valence-electron chi connectivity index (χ3n) is 8.70. The lowest BCUT2D eigenvalue weighted by molar-refractivity contribution is -0.134. The molecule has 0 bridgehead atoms. The van der Waals surface area contributed by atoms with Crippen LogP contribution in [-0.2, 0) is 27.5 Å². The van der Waals surface area contributed by atoms with E-state index in [0.717, 1.165) is 43.1 Å². The quantitative estimate of drug-likeness (QED) is 0.326. The van der Waals surface area contributed by atoms with Crippen molar-refractivity contribution in [3.63, 3.8) is 0 Å². The maximum Gasteiger partial charge on any atom is 0.255 e. The smallest absolute Gasteiger partial charge is 0.255 e. The number of likely N-dealkylation sites (N-methyl/N-ethyl adjacent to an activating group) is 1. The third kappa shape index (κ3) is 8.12. The molecule has 1 aromatic carbocycles. The van der Waals surface area contributed by atoms with Crippen LogP contribution < -0.4 is 20.9 Å². The average molecular weight is 632 g/mol. The van der Waals surface area contributed by atoms with E-state index < -0.39 is 35.4 Å². The second-order valence-corrected chi connectivity index (χ2v) is 13.8. The number of hydrogen-bond donors (Lipinski definition) is 3. The van der Waals surface area contributed by atoms with Crippen LogP contribution in [0.1, 0.15) is 63.0 Å². The predicted molar refractivity (Wildman–Crippen MR) is 179 cm³/mol. The summed E-state index contributed by atoms with van der Waals surface area (Å²) < 4.78 is 0. The maximum atomic E-state index is 13.6. The molecule has 2 aliphatic rings. The van der Waals surface area contributed by atoms with Crippen molar-refractivity contribution in [1.82, 2.24) is 30.7 Å². The van der Waals surface area contributed by atoms with Crippen LogP contribution in [0.2, 0.25) is 0 Å². The highest BCUT2D eigenvalue weighted by Crippen LogP contribution is 2.32. The number of anilines is 1. The van der Waals surface area contributed by atoms with Gasteiger partial charge in [-0.15, -0.1) is 0 Å². The Bertz CT molecular complexity index is 1440. The largest absolute Gasteiger partial charge is 0.354 e. The zero-order chi connectivity index (χ0) is 33.8. The fraction of sp³-hybridized carbons (Fsp3) is 0.514. The molecule has 3 atom stereocenters. The fourth-order valence-corrected chi connectivity index (χ4v) is 5.96. The van der Waals surface area contributed by atoms with Gasteiger partial charge in [0.2, 0.25) is 17.7 Å². The van der Waals surface area contributed by atoms with Crippen molar-refractivity contribution in [2.24, 2.45) is 11.3 Å². The van der Waals surface area contributed by atoms with Gasteiger partial charge in [-0.25, -0.2) is 4.98 Å². The lowest BCUT2D eigenvalue weighted by atomic mass is 9.84. The Morgan fingerprint density at radius 2 is 1.63 bits per heavy atom. The molecule has 0 radical (unpaired) electrons. The Hall–Kier alpha value is -4.25. The Kier molecular flexibility index (Phi) is 10.9. The fourth-order valence-electron chi connectivity index (χ4n) is 5.96. The monoisotopic (exact) mass is 631 g/mol. The van der Waals surface area contributed by atoms with Crippen molar-refractivity contribution in [3.05, 3.63) is 71.4 Å². The molecule has 0 spiro atoms. The summed E-state index contributed by atoms with van der Waals surface area (Å²) in [6.07, 6.45) is 1.77. The van der Waals surface area contributed by atoms with E-state index in [9.17, 15) is 19.2 Å². The standard InChI is InChI=1S/C35H49N7O4/c1-22(2)29(23(3)31(43)37-20-25-13-14-28(36-19-25)41-17-15-40(8)16-18-41)39-32(44)24(4)38-33(45)30(35(5,6)7)42-21-26-11-9-10-12-27(26)34(42)46/h9-14,19,22,24,29-30H,3,15-18,20-21H2,1-2,4-8H3,(H,37,43)(H,38,45)(H,39,44)/t24-,29-,30+/m0/s1. The minimum atomic E-state index is -0.917. The number of amides is 4. The molecule has 1 saturated heterocycles. The summed E-state index contributed by atoms with van der Waals surface area (Å²) in [5.74, 6) is -0.667. The number of rotatable bonds is 11. The highest BCUT2D eigenvalue weighted by Gasteiger charge is 2.43. The molecule has 4 amide bonds. The molecule has 248 valence electrons. The van der Waals surface area contributed by atoms with Crippen molar-refractivity contribution < 1.29 is 19.2 Å². The molecular formula is C35H49N7O4. The highest BCUT2D eigenvalue weighted by molar-refractivity contribution is 6.02. The number of aromatic nitrogens is 1. The van der Waals surface area contributed by atoms with Crippen LogP contribution in [0.15, 0.2) is 54.7 Å². The summed E-state index contributed by atoms with van der Waals surface area (Å²) >= 11 is 0. The summed E-state index contributed by atoms with van der Waals surface area (Å²) in [4.78, 5) is 64.0. The second kappa shape index (κ2) is 14.5. The topological polar surface area (TPSA) is 127 Å². The average Bonchev–Trinajstić information content (AvgIpc) is 3.33. The molecule has 0 unspecified atom stereocenters. The number of nitrogens with zero attached hydrogens (tertiary/aromatic N) is 4. The van der Waals surface area contributed by atoms with E-state index >= 15 is 0 Å². The summed E-state index contributed by atoms with van der Waals surface area (Å²) in [7, 11) is 2.11. The van der Waals surface area contributed by atoms with Crippen molar-refractivity contribution in [2.45, 2.75) is 72.8 Å². The first kappa shape index (κ1) is 34.6. The number of hydrogen-bond acceptors (Lipinski definition) is 7. The summed E-state index contributed by atoms with van der Waals surface area (Å²) in [5, 5.41) is 8.60. The van der Waals surface area contributed by atoms with E-state index in [1.165, 1.54) is 0 Å². The van der Waals surface area contributed by atoms with Gasteiger partial charge in [0.05, 0.1) is 6.04 Å². The molecule has 11 nitrogen and oxygen atoms in total. The van der Waals surface area contributed by atoms with Gasteiger partial charge in [0.15, 0.2) is 0 Å². The van der Waals surface area contributed by atoms with E-state index in [2.05, 4.69) is 44.4 Å². The molecule has 46 heavy (non-hydrogen) atoms. The summed E-state index contributed by atoms with van der Waals surface area (Å²) in [5.41, 5.74) is 1.94. The van der Waals surface area contributed by atoms with Gasteiger partial charge in [0, 0.05) is 56.6 Å². The predicted octanol–water partition coefficient (Wildman–Crippen LogP) is 2.72. The van der Waals surface area contributed by atoms with Gasteiger partial charge in [-0.3, -0.25) is 19.2 Å². The van der Waals surface area contributed by atoms with Gasteiger partial charge in [-0.05, 0) is 48.6 Å². The van der Waals surface area contributed by atoms with Crippen LogP contribution in [-0.4, -0.2) is 89.8 Å². The van der Waals surface area contributed by atoms with E-state index in [0.29, 0.717) is 12.1 Å². The molecule has 11 heteroatoms. The molecule has 2 aliphatic heterocycles. The van der Waals surface area contributed by atoms with E-state index in [1.54, 1.807) is 24.1 Å². The minimum absolute atomic E-state index is 0.141. The summed E-state index contributed by atoms with van der Waals surface area (Å²) in [6.45, 7) is 19.5. The van der Waals surface area contributed by atoms with Gasteiger partial charge in [0.1, 0.15) is 17.9 Å². The first-order chi connectivity index (χ1) is 21.7. The number of piperazine rings is 1. The second-order valence-electron chi connectivity index (χ2n) is 13.8. The molecule has 3 N–H and O–H groups in total. The lowest BCUT2D eigenvalue weighted by Gasteiger charge is -2.37. The number of benzene rings is 1. The van der Waals surface area contributed by atoms with Gasteiger partial charge < -0.3 is 30.7 Å². The molecular weight excluding hydrogens is 582 g/mol. The van der Waals surface area contributed by atoms with E-state index in [-0.39, 0.29) is 29.9 Å². The van der Waals surface area contributed by atoms with Crippen molar-refractivity contribution in [1.29, 1.82) is 0 Å². The van der Waals surface area contributed by atoms with Gasteiger partial charge in [-0.1, -0.05) is 65.5 Å². The number of carbonyl (C=O) groups excluding carboxylic acids is 4. The Morgan fingerprint density at radius 1 is 0.957 bits per heavy atom. The van der Waals surface area contributed by atoms with E-state index in [1.807, 2.05) is 65.0 Å². The number of nitrogens with one attached hydrogen (secondary N) is 3. The maximum absolute atomic E-state index is 13.6. The Morgan fingerprint density at radius 3 is 2.22 bits per heavy atom. The first-order valence-electron chi connectivity index (χ1n) is 16.0. The van der Waals surface area contributed by atoms with Gasteiger partial charge >= 0.3 is 0 Å². The number of fused-ring (bicyclic) bond motifs is 1. The Labute approximate surface area is 272 Å². The minimum Gasteiger partial charge on any atom is -0.354 e. The SMILES string of the molecule is C=C(C(=O)NCc1ccc(N2CCN(C)CC2)nc1)[C@@H](NC(=O)[C@H](C)NC(=O)[C@@H](N1Cc2ccccc2C1=O)C(C)(C)C)C(C)C. The molecule has 1 fully saturated rings. The highest BCUT2D eigenvalue weighted by atomic mass is 16.2. The molecule has 0 aliphatic carbocycles. The number of pyridine rings is 1. The van der Waals surface area contributed by atoms with Crippen molar-refractivity contribution >= 4 is 29.4 Å². The zero-order valence-corrected chi connectivity index (χ0v) is 28.2. The molecule has 4 rings (SSSR count). The normalized spacial score (nSPS) is 17.3. The van der Waals surface area contributed by atoms with Crippen molar-refractivity contribution in [2.75, 3.05) is 38.1 Å². The Balaban J connectivity index is 1.33. The van der Waals surface area contributed by atoms with Crippen LogP contribution in [0.4, 0.5) is 5.82 Å². The molecule has 3 heterocycles. The number of carbonyl (C=O) groups is 4. The van der Waals surface area contributed by atoms with Crippen LogP contribution in [0.3, 0.4) is 0 Å². The van der Waals surface area contributed by atoms with Crippen LogP contribution in [0.25, 0.3) is 0 Å². The van der Waals surface area contributed by atoms with Crippen LogP contribution in [0.5, 0.6) is 0 Å². The van der Waals surface area contributed by atoms with Crippen molar-refractivity contribution in [3.8, 4) is 0 Å². The lowest BCUT2D eigenvalue weighted by Crippen LogP contribution is -2.58. The van der Waals surface area contributed by atoms with E-state index in [4.69, 9.17) is 0 Å². The molecule has 0 saturated carbocycles. The molecule has 2 aromatic rings. The summed E-state index contributed by atoms with van der Waals surface area (Å²) in [6, 6.07) is 8.89. The molecule has 1 aromatic heterocycles. The van der Waals surface area contributed by atoms with Gasteiger partial charge in [-0.2, -0.15) is 0 Å². The first-order valence-corrected chi connectivity index (χ1v) is 16.0. The zero-order valence-electron chi connectivity index (χ0n) is 28.2. The van der Waals surface area contributed by atoms with Crippen LogP contribution >= 0.6 is 0 Å². The third-order valence-corrected chi connectivity index (χ3v) is 8.70. The van der Waals surface area contributed by atoms with Crippen LogP contribution in [0, 0.1) is 11.3 Å². The van der Waals surface area contributed by atoms with Gasteiger partial charge in [0.25, 0.3) is 5.91 Å².